The van der Waals surface area contributed by atoms with Crippen LogP contribution in [0.4, 0.5) is 5.82 Å². The molecule has 1 heterocycles. The molecule has 0 saturated heterocycles. The smallest absolute Gasteiger partial charge is 0.255 e. The number of hydrogen-bond acceptors (Lipinski definition) is 4. The molecule has 0 bridgehead atoms. The maximum absolute atomic E-state index is 12.2. The normalized spacial score (nSPS) is 10.5. The van der Waals surface area contributed by atoms with Crippen LogP contribution in [-0.2, 0) is 0 Å². The summed E-state index contributed by atoms with van der Waals surface area (Å²) in [6, 6.07) is 3.59. The molecular formula is C13H21N3O2. The number of rotatable bonds is 6. The van der Waals surface area contributed by atoms with E-state index in [1.54, 1.807) is 23.2 Å². The average molecular weight is 251 g/mol. The summed E-state index contributed by atoms with van der Waals surface area (Å²) in [5, 5.41) is 12.1. The van der Waals surface area contributed by atoms with Crippen molar-refractivity contribution in [2.75, 3.05) is 25.0 Å². The van der Waals surface area contributed by atoms with Crippen LogP contribution in [-0.4, -0.2) is 46.6 Å². The maximum atomic E-state index is 12.2. The largest absolute Gasteiger partial charge is 0.395 e. The fourth-order valence-corrected chi connectivity index (χ4v) is 1.67. The molecule has 0 aromatic carbocycles. The van der Waals surface area contributed by atoms with Gasteiger partial charge in [-0.1, -0.05) is 0 Å². The lowest BCUT2D eigenvalue weighted by Gasteiger charge is -2.25. The molecule has 18 heavy (non-hydrogen) atoms. The van der Waals surface area contributed by atoms with Crippen molar-refractivity contribution >= 4 is 11.7 Å². The Morgan fingerprint density at radius 3 is 2.67 bits per heavy atom. The van der Waals surface area contributed by atoms with Gasteiger partial charge in [-0.3, -0.25) is 4.79 Å². The van der Waals surface area contributed by atoms with Gasteiger partial charge in [-0.05, 0) is 32.9 Å². The second-order valence-electron chi connectivity index (χ2n) is 4.28. The number of carbonyl (C=O) groups is 1. The quantitative estimate of drug-likeness (QED) is 0.801. The van der Waals surface area contributed by atoms with Gasteiger partial charge in [0.2, 0.25) is 0 Å². The van der Waals surface area contributed by atoms with Crippen LogP contribution in [0.2, 0.25) is 0 Å². The fourth-order valence-electron chi connectivity index (χ4n) is 1.67. The van der Waals surface area contributed by atoms with Crippen molar-refractivity contribution in [1.82, 2.24) is 9.88 Å². The number of amides is 1. The highest BCUT2D eigenvalue weighted by molar-refractivity contribution is 5.94. The molecule has 0 aliphatic heterocycles. The van der Waals surface area contributed by atoms with E-state index in [-0.39, 0.29) is 18.6 Å². The van der Waals surface area contributed by atoms with Crippen LogP contribution in [0, 0.1) is 0 Å². The monoisotopic (exact) mass is 251 g/mol. The number of carbonyl (C=O) groups excluding carboxylic acids is 1. The van der Waals surface area contributed by atoms with E-state index in [9.17, 15) is 4.79 Å². The Bertz CT molecular complexity index is 376. The summed E-state index contributed by atoms with van der Waals surface area (Å²) >= 11 is 0. The molecule has 5 heteroatoms. The van der Waals surface area contributed by atoms with E-state index < -0.39 is 0 Å². The van der Waals surface area contributed by atoms with Crippen LogP contribution in [0.15, 0.2) is 18.3 Å². The predicted molar refractivity (Wildman–Crippen MR) is 71.7 cm³/mol. The number of aliphatic hydroxyl groups is 1. The zero-order valence-electron chi connectivity index (χ0n) is 11.2. The molecule has 5 nitrogen and oxygen atoms in total. The molecular weight excluding hydrogens is 230 g/mol. The van der Waals surface area contributed by atoms with Crippen molar-refractivity contribution in [3.63, 3.8) is 0 Å². The molecule has 0 aliphatic carbocycles. The Hall–Kier alpha value is -1.62. The van der Waals surface area contributed by atoms with Gasteiger partial charge in [-0.25, -0.2) is 4.98 Å². The molecule has 1 aromatic rings. The molecule has 0 spiro atoms. The highest BCUT2D eigenvalue weighted by atomic mass is 16.3. The lowest BCUT2D eigenvalue weighted by atomic mass is 10.2. The van der Waals surface area contributed by atoms with Crippen LogP contribution < -0.4 is 5.32 Å². The number of nitrogens with one attached hydrogen (secondary N) is 1. The van der Waals surface area contributed by atoms with Crippen molar-refractivity contribution in [3.05, 3.63) is 23.9 Å². The van der Waals surface area contributed by atoms with Gasteiger partial charge in [0.05, 0.1) is 12.2 Å². The van der Waals surface area contributed by atoms with E-state index in [0.717, 1.165) is 12.4 Å². The minimum absolute atomic E-state index is 0.0349. The molecule has 0 unspecified atom stereocenters. The van der Waals surface area contributed by atoms with Crippen LogP contribution >= 0.6 is 0 Å². The first-order chi connectivity index (χ1) is 8.60. The SMILES string of the molecule is CCNc1ccc(C(=O)N(CCO)C(C)C)cn1. The van der Waals surface area contributed by atoms with Gasteiger partial charge in [0, 0.05) is 25.3 Å². The highest BCUT2D eigenvalue weighted by Gasteiger charge is 2.18. The van der Waals surface area contributed by atoms with Gasteiger partial charge in [0.1, 0.15) is 5.82 Å². The molecule has 0 atom stereocenters. The lowest BCUT2D eigenvalue weighted by molar-refractivity contribution is 0.0665. The predicted octanol–water partition coefficient (Wildman–Crippen LogP) is 1.36. The molecule has 0 radical (unpaired) electrons. The summed E-state index contributed by atoms with van der Waals surface area (Å²) in [4.78, 5) is 18.0. The van der Waals surface area contributed by atoms with Crippen molar-refractivity contribution in [3.8, 4) is 0 Å². The number of anilines is 1. The third kappa shape index (κ3) is 3.70. The summed E-state index contributed by atoms with van der Waals surface area (Å²) in [6.07, 6.45) is 1.56. The third-order valence-electron chi connectivity index (χ3n) is 2.59. The maximum Gasteiger partial charge on any atom is 0.255 e. The van der Waals surface area contributed by atoms with Crippen molar-refractivity contribution < 1.29 is 9.90 Å². The molecule has 1 aromatic heterocycles. The minimum atomic E-state index is -0.102. The molecule has 0 saturated carbocycles. The van der Waals surface area contributed by atoms with Crippen LogP contribution in [0.25, 0.3) is 0 Å². The Balaban J connectivity index is 2.81. The first kappa shape index (κ1) is 14.4. The Morgan fingerprint density at radius 2 is 2.22 bits per heavy atom. The van der Waals surface area contributed by atoms with Crippen LogP contribution in [0.3, 0.4) is 0 Å². The zero-order chi connectivity index (χ0) is 13.5. The Kier molecular flexibility index (Phi) is 5.58. The van der Waals surface area contributed by atoms with Gasteiger partial charge in [-0.2, -0.15) is 0 Å². The number of aliphatic hydroxyl groups excluding tert-OH is 1. The number of hydrogen-bond donors (Lipinski definition) is 2. The fraction of sp³-hybridized carbons (Fsp3) is 0.538. The molecule has 0 fully saturated rings. The van der Waals surface area contributed by atoms with Crippen molar-refractivity contribution in [1.29, 1.82) is 0 Å². The first-order valence-corrected chi connectivity index (χ1v) is 6.21. The summed E-state index contributed by atoms with van der Waals surface area (Å²) < 4.78 is 0. The molecule has 2 N–H and O–H groups in total. The second-order valence-corrected chi connectivity index (χ2v) is 4.28. The standard InChI is InChI=1S/C13H21N3O2/c1-4-14-12-6-5-11(9-15-12)13(18)16(7-8-17)10(2)3/h5-6,9-10,17H,4,7-8H2,1-3H3,(H,14,15). The van der Waals surface area contributed by atoms with E-state index in [2.05, 4.69) is 10.3 Å². The number of nitrogens with zero attached hydrogens (tertiary/aromatic N) is 2. The van der Waals surface area contributed by atoms with E-state index >= 15 is 0 Å². The highest BCUT2D eigenvalue weighted by Crippen LogP contribution is 2.10. The molecule has 1 amide bonds. The van der Waals surface area contributed by atoms with Gasteiger partial charge in [0.15, 0.2) is 0 Å². The van der Waals surface area contributed by atoms with Gasteiger partial charge in [0.25, 0.3) is 5.91 Å². The van der Waals surface area contributed by atoms with E-state index in [1.165, 1.54) is 0 Å². The van der Waals surface area contributed by atoms with E-state index in [1.807, 2.05) is 20.8 Å². The lowest BCUT2D eigenvalue weighted by Crippen LogP contribution is -2.39. The third-order valence-corrected chi connectivity index (χ3v) is 2.59. The van der Waals surface area contributed by atoms with Crippen molar-refractivity contribution in [2.24, 2.45) is 0 Å². The van der Waals surface area contributed by atoms with Crippen LogP contribution in [0.5, 0.6) is 0 Å². The number of pyridine rings is 1. The summed E-state index contributed by atoms with van der Waals surface area (Å²) in [6.45, 7) is 6.94. The van der Waals surface area contributed by atoms with E-state index in [0.29, 0.717) is 12.1 Å². The molecule has 1 rings (SSSR count). The summed E-state index contributed by atoms with van der Waals surface area (Å²) in [5.41, 5.74) is 0.541. The van der Waals surface area contributed by atoms with Gasteiger partial charge in [-0.15, -0.1) is 0 Å². The zero-order valence-corrected chi connectivity index (χ0v) is 11.2. The topological polar surface area (TPSA) is 65.5 Å². The van der Waals surface area contributed by atoms with Crippen molar-refractivity contribution in [2.45, 2.75) is 26.8 Å². The second kappa shape index (κ2) is 6.96. The van der Waals surface area contributed by atoms with Gasteiger partial charge >= 0.3 is 0 Å². The summed E-state index contributed by atoms with van der Waals surface area (Å²) in [5.74, 6) is 0.655. The minimum Gasteiger partial charge on any atom is -0.395 e. The molecule has 0 aliphatic rings. The summed E-state index contributed by atoms with van der Waals surface area (Å²) in [7, 11) is 0. The average Bonchev–Trinajstić information content (AvgIpc) is 2.36. The number of aromatic nitrogens is 1. The van der Waals surface area contributed by atoms with Gasteiger partial charge < -0.3 is 15.3 Å². The Morgan fingerprint density at radius 1 is 1.50 bits per heavy atom. The van der Waals surface area contributed by atoms with Crippen LogP contribution in [0.1, 0.15) is 31.1 Å². The Labute approximate surface area is 108 Å². The molecule has 100 valence electrons. The first-order valence-electron chi connectivity index (χ1n) is 6.21. The van der Waals surface area contributed by atoms with E-state index in [4.69, 9.17) is 5.11 Å².